The number of carbonyl (C=O) groups excluding carboxylic acids is 2. The Morgan fingerprint density at radius 2 is 1.97 bits per heavy atom. The Balaban J connectivity index is 1.52. The van der Waals surface area contributed by atoms with E-state index in [-0.39, 0.29) is 38.3 Å². The molecule has 180 valence electrons. The first-order chi connectivity index (χ1) is 16.3. The molecule has 2 aromatic rings. The summed E-state index contributed by atoms with van der Waals surface area (Å²) in [6, 6.07) is 9.85. The third kappa shape index (κ3) is 4.74. The number of fused-ring (bicyclic) bond motifs is 1. The minimum absolute atomic E-state index is 0.0287. The molecule has 0 bridgehead atoms. The maximum absolute atomic E-state index is 13.8. The molecule has 1 unspecified atom stereocenters. The highest BCUT2D eigenvalue weighted by Gasteiger charge is 2.55. The number of amides is 2. The molecule has 3 heterocycles. The van der Waals surface area contributed by atoms with Crippen molar-refractivity contribution in [2.24, 2.45) is 16.3 Å². The van der Waals surface area contributed by atoms with Gasteiger partial charge >= 0.3 is 0 Å². The van der Waals surface area contributed by atoms with Gasteiger partial charge in [-0.1, -0.05) is 18.2 Å². The molecule has 2 N–H and O–H groups in total. The first-order valence-corrected chi connectivity index (χ1v) is 10.8. The molecule has 2 amide bonds. The molecule has 1 aromatic carbocycles. The lowest BCUT2D eigenvalue weighted by Crippen LogP contribution is -2.59. The van der Waals surface area contributed by atoms with Crippen molar-refractivity contribution in [1.82, 2.24) is 14.9 Å². The van der Waals surface area contributed by atoms with Gasteiger partial charge in [0.15, 0.2) is 11.6 Å². The minimum Gasteiger partial charge on any atom is -0.488 e. The number of nitrogens with zero attached hydrogens (tertiary/aromatic N) is 4. The van der Waals surface area contributed by atoms with Gasteiger partial charge in [-0.15, -0.1) is 0 Å². The summed E-state index contributed by atoms with van der Waals surface area (Å²) in [7, 11) is 0. The predicted molar refractivity (Wildman–Crippen MR) is 117 cm³/mol. The zero-order valence-corrected chi connectivity index (χ0v) is 18.2. The van der Waals surface area contributed by atoms with E-state index in [2.05, 4.69) is 10.1 Å². The quantitative estimate of drug-likeness (QED) is 0.628. The summed E-state index contributed by atoms with van der Waals surface area (Å²) in [6.07, 6.45) is -0.844. The van der Waals surface area contributed by atoms with Crippen LogP contribution >= 0.6 is 0 Å². The van der Waals surface area contributed by atoms with E-state index in [4.69, 9.17) is 10.5 Å². The van der Waals surface area contributed by atoms with Crippen molar-refractivity contribution in [3.05, 3.63) is 60.2 Å². The van der Waals surface area contributed by atoms with E-state index >= 15 is 0 Å². The van der Waals surface area contributed by atoms with Gasteiger partial charge in [-0.3, -0.25) is 14.6 Å². The maximum Gasteiger partial charge on any atom is 0.258 e. The molecule has 0 saturated carbocycles. The highest BCUT2D eigenvalue weighted by atomic mass is 19.3. The van der Waals surface area contributed by atoms with Crippen LogP contribution in [0.5, 0.6) is 5.75 Å². The van der Waals surface area contributed by atoms with Crippen molar-refractivity contribution in [1.29, 1.82) is 0 Å². The zero-order valence-electron chi connectivity index (χ0n) is 18.2. The number of benzene rings is 1. The Morgan fingerprint density at radius 1 is 1.21 bits per heavy atom. The summed E-state index contributed by atoms with van der Waals surface area (Å²) in [5.74, 6) is -1.69. The first kappa shape index (κ1) is 23.7. The Hall–Kier alpha value is -3.47. The molecule has 2 atom stereocenters. The fourth-order valence-electron chi connectivity index (χ4n) is 4.29. The first-order valence-electron chi connectivity index (χ1n) is 10.8. The van der Waals surface area contributed by atoms with E-state index in [1.54, 1.807) is 30.5 Å². The van der Waals surface area contributed by atoms with Crippen molar-refractivity contribution in [3.8, 4) is 5.75 Å². The van der Waals surface area contributed by atoms with E-state index in [0.29, 0.717) is 11.4 Å². The Morgan fingerprint density at radius 3 is 2.68 bits per heavy atom. The van der Waals surface area contributed by atoms with Crippen molar-refractivity contribution in [2.45, 2.75) is 25.3 Å². The topological polar surface area (TPSA) is 101 Å². The van der Waals surface area contributed by atoms with Crippen molar-refractivity contribution >= 4 is 17.5 Å². The second kappa shape index (κ2) is 9.80. The molecule has 2 aliphatic rings. The molecule has 34 heavy (non-hydrogen) atoms. The third-order valence-corrected chi connectivity index (χ3v) is 5.92. The molecule has 8 nitrogen and oxygen atoms in total. The number of rotatable bonds is 8. The van der Waals surface area contributed by atoms with Gasteiger partial charge in [-0.2, -0.15) is 5.10 Å². The number of pyridine rings is 1. The summed E-state index contributed by atoms with van der Waals surface area (Å²) < 4.78 is 45.3. The fraction of sp³-hybridized carbons (Fsp3) is 0.391. The zero-order chi connectivity index (χ0) is 24.3. The predicted octanol–water partition coefficient (Wildman–Crippen LogP) is 1.85. The van der Waals surface area contributed by atoms with E-state index in [1.807, 2.05) is 0 Å². The SMILES string of the molecule is NC(COc1ccccc1F)C(=O)N1CCC2=NN(CC(F)F)C(=O)[C@]2(Cc2ccccn2)C1. The number of hydrazone groups is 1. The number of hydrogen-bond acceptors (Lipinski definition) is 6. The maximum atomic E-state index is 13.8. The largest absolute Gasteiger partial charge is 0.488 e. The highest BCUT2D eigenvalue weighted by molar-refractivity contribution is 6.13. The van der Waals surface area contributed by atoms with Crippen LogP contribution < -0.4 is 10.5 Å². The number of halogens is 3. The standard InChI is InChI=1S/C23H24F3N5O3/c24-16-6-1-2-7-18(16)34-13-17(27)21(32)30-10-8-19-23(14-30,11-15-5-3-4-9-28-15)22(33)31(29-19)12-20(25)26/h1-7,9,17,20H,8,10-14,27H2/t17?,23-/m1/s1. The van der Waals surface area contributed by atoms with Gasteiger partial charge in [0.05, 0.1) is 5.71 Å². The second-order valence-corrected chi connectivity index (χ2v) is 8.26. The molecule has 1 aromatic heterocycles. The van der Waals surface area contributed by atoms with Crippen LogP contribution in [0.3, 0.4) is 0 Å². The second-order valence-electron chi connectivity index (χ2n) is 8.26. The van der Waals surface area contributed by atoms with Crippen molar-refractivity contribution in [3.63, 3.8) is 0 Å². The fourth-order valence-corrected chi connectivity index (χ4v) is 4.29. The van der Waals surface area contributed by atoms with Gasteiger partial charge in [0.25, 0.3) is 12.3 Å². The highest BCUT2D eigenvalue weighted by Crippen LogP contribution is 2.38. The van der Waals surface area contributed by atoms with Crippen molar-refractivity contribution < 1.29 is 27.5 Å². The number of carbonyl (C=O) groups is 2. The van der Waals surface area contributed by atoms with E-state index in [1.165, 1.54) is 23.1 Å². The third-order valence-electron chi connectivity index (χ3n) is 5.92. The van der Waals surface area contributed by atoms with Crippen LogP contribution in [0.1, 0.15) is 12.1 Å². The molecule has 0 aliphatic carbocycles. The Bertz CT molecular complexity index is 1080. The molecule has 1 fully saturated rings. The Kier molecular flexibility index (Phi) is 6.82. The van der Waals surface area contributed by atoms with E-state index in [9.17, 15) is 22.8 Å². The molecule has 11 heteroatoms. The number of nitrogens with two attached hydrogens (primary N) is 1. The van der Waals surface area contributed by atoms with Crippen LogP contribution in [0.4, 0.5) is 13.2 Å². The number of piperidine rings is 1. The summed E-state index contributed by atoms with van der Waals surface area (Å²) in [6.45, 7) is -0.954. The smallest absolute Gasteiger partial charge is 0.258 e. The van der Waals surface area contributed by atoms with Crippen LogP contribution in [0.25, 0.3) is 0 Å². The van der Waals surface area contributed by atoms with E-state index in [0.717, 1.165) is 5.01 Å². The minimum atomic E-state index is -2.75. The van der Waals surface area contributed by atoms with Crippen LogP contribution in [0.15, 0.2) is 53.8 Å². The molecular weight excluding hydrogens is 451 g/mol. The number of ether oxygens (including phenoxy) is 1. The molecule has 4 rings (SSSR count). The molecule has 2 aliphatic heterocycles. The van der Waals surface area contributed by atoms with Gasteiger partial charge in [-0.25, -0.2) is 18.2 Å². The molecule has 0 spiro atoms. The van der Waals surface area contributed by atoms with Crippen molar-refractivity contribution in [2.75, 3.05) is 26.2 Å². The van der Waals surface area contributed by atoms with Gasteiger partial charge in [0.1, 0.15) is 24.6 Å². The lowest BCUT2D eigenvalue weighted by atomic mass is 9.74. The summed E-state index contributed by atoms with van der Waals surface area (Å²) in [5, 5.41) is 4.97. The number of hydrogen-bond donors (Lipinski definition) is 1. The molecular formula is C23H24F3N5O3. The normalized spacial score (nSPS) is 20.9. The van der Waals surface area contributed by atoms with Crippen LogP contribution in [-0.2, 0) is 16.0 Å². The summed E-state index contributed by atoms with van der Waals surface area (Å²) in [4.78, 5) is 32.1. The number of likely N-dealkylation sites (tertiary alicyclic amines) is 1. The van der Waals surface area contributed by atoms with Gasteiger partial charge < -0.3 is 15.4 Å². The lowest BCUT2D eigenvalue weighted by molar-refractivity contribution is -0.142. The molecule has 1 saturated heterocycles. The monoisotopic (exact) mass is 475 g/mol. The Labute approximate surface area is 194 Å². The van der Waals surface area contributed by atoms with Crippen LogP contribution in [0.2, 0.25) is 0 Å². The number of para-hydroxylation sites is 1. The van der Waals surface area contributed by atoms with Gasteiger partial charge in [0, 0.05) is 37.8 Å². The average Bonchev–Trinajstić information content (AvgIpc) is 3.08. The molecule has 0 radical (unpaired) electrons. The summed E-state index contributed by atoms with van der Waals surface area (Å²) in [5.41, 5.74) is 5.75. The number of aromatic nitrogens is 1. The lowest BCUT2D eigenvalue weighted by Gasteiger charge is -2.40. The average molecular weight is 475 g/mol. The van der Waals surface area contributed by atoms with Gasteiger partial charge in [-0.05, 0) is 24.3 Å². The number of alkyl halides is 2. The summed E-state index contributed by atoms with van der Waals surface area (Å²) >= 11 is 0. The van der Waals surface area contributed by atoms with Gasteiger partial charge in [0.2, 0.25) is 5.91 Å². The van der Waals surface area contributed by atoms with Crippen LogP contribution in [-0.4, -0.2) is 71.1 Å². The van der Waals surface area contributed by atoms with Crippen LogP contribution in [0, 0.1) is 11.2 Å². The van der Waals surface area contributed by atoms with E-state index < -0.39 is 42.1 Å².